The van der Waals surface area contributed by atoms with Crippen LogP contribution < -0.4 is 4.74 Å². The molecule has 2 aromatic heterocycles. The van der Waals surface area contributed by atoms with Gasteiger partial charge in [-0.25, -0.2) is 0 Å². The molecule has 0 N–H and O–H groups in total. The van der Waals surface area contributed by atoms with Crippen LogP contribution in [0.25, 0.3) is 0 Å². The van der Waals surface area contributed by atoms with Gasteiger partial charge in [0.25, 0.3) is 0 Å². The van der Waals surface area contributed by atoms with E-state index in [2.05, 4.69) is 15.2 Å². The van der Waals surface area contributed by atoms with Gasteiger partial charge < -0.3 is 9.26 Å². The fourth-order valence-corrected chi connectivity index (χ4v) is 1.30. The van der Waals surface area contributed by atoms with Gasteiger partial charge in [0.1, 0.15) is 0 Å². The van der Waals surface area contributed by atoms with Crippen LogP contribution >= 0.6 is 0 Å². The Balaban J connectivity index is 1.92. The summed E-state index contributed by atoms with van der Waals surface area (Å²) in [5.41, 5.74) is 0. The number of ether oxygens (including phenoxy) is 1. The number of nitrogens with zero attached hydrogens (tertiary/aromatic N) is 4. The molecule has 0 saturated heterocycles. The molecule has 0 aliphatic heterocycles. The maximum absolute atomic E-state index is 5.50. The van der Waals surface area contributed by atoms with E-state index in [1.807, 2.05) is 27.0 Å². The van der Waals surface area contributed by atoms with Gasteiger partial charge in [0, 0.05) is 12.5 Å². The number of hydrogen-bond acceptors (Lipinski definition) is 5. The Kier molecular flexibility index (Phi) is 3.41. The van der Waals surface area contributed by atoms with Crippen LogP contribution in [0, 0.1) is 0 Å². The van der Waals surface area contributed by atoms with Crippen LogP contribution in [0.15, 0.2) is 16.9 Å². The molecule has 0 spiro atoms. The molecule has 92 valence electrons. The van der Waals surface area contributed by atoms with E-state index < -0.39 is 0 Å². The molecule has 0 radical (unpaired) electrons. The minimum absolute atomic E-state index is 0.235. The SMILES string of the molecule is CCn1cc(OCc2noc(C(C)C)n2)cn1. The molecule has 0 aromatic carbocycles. The number of rotatable bonds is 5. The van der Waals surface area contributed by atoms with E-state index >= 15 is 0 Å². The van der Waals surface area contributed by atoms with Gasteiger partial charge in [-0.2, -0.15) is 10.1 Å². The molecule has 6 nitrogen and oxygen atoms in total. The van der Waals surface area contributed by atoms with Crippen molar-refractivity contribution in [3.05, 3.63) is 24.1 Å². The van der Waals surface area contributed by atoms with E-state index in [4.69, 9.17) is 9.26 Å². The van der Waals surface area contributed by atoms with Crippen molar-refractivity contribution in [3.8, 4) is 5.75 Å². The highest BCUT2D eigenvalue weighted by Crippen LogP contribution is 2.13. The van der Waals surface area contributed by atoms with E-state index in [1.165, 1.54) is 0 Å². The van der Waals surface area contributed by atoms with Gasteiger partial charge in [0.2, 0.25) is 11.7 Å². The summed E-state index contributed by atoms with van der Waals surface area (Å²) in [4.78, 5) is 4.22. The first-order valence-electron chi connectivity index (χ1n) is 5.66. The first-order chi connectivity index (χ1) is 8.19. The lowest BCUT2D eigenvalue weighted by Gasteiger charge is -1.97. The third kappa shape index (κ3) is 2.83. The Morgan fingerprint density at radius 2 is 2.29 bits per heavy atom. The molecule has 0 atom stereocenters. The molecule has 2 rings (SSSR count). The third-order valence-corrected chi connectivity index (χ3v) is 2.28. The van der Waals surface area contributed by atoms with Crippen LogP contribution in [-0.4, -0.2) is 19.9 Å². The van der Waals surface area contributed by atoms with E-state index in [-0.39, 0.29) is 5.92 Å². The lowest BCUT2D eigenvalue weighted by molar-refractivity contribution is 0.284. The second kappa shape index (κ2) is 4.99. The van der Waals surface area contributed by atoms with Crippen LogP contribution in [0.5, 0.6) is 5.75 Å². The van der Waals surface area contributed by atoms with Crippen molar-refractivity contribution in [2.45, 2.75) is 39.8 Å². The largest absolute Gasteiger partial charge is 0.482 e. The molecule has 0 saturated carbocycles. The van der Waals surface area contributed by atoms with Crippen molar-refractivity contribution >= 4 is 0 Å². The minimum atomic E-state index is 0.235. The van der Waals surface area contributed by atoms with Crippen LogP contribution in [0.2, 0.25) is 0 Å². The average Bonchev–Trinajstić information content (AvgIpc) is 2.95. The Morgan fingerprint density at radius 3 is 2.88 bits per heavy atom. The van der Waals surface area contributed by atoms with Gasteiger partial charge in [0.15, 0.2) is 12.4 Å². The third-order valence-electron chi connectivity index (χ3n) is 2.28. The summed E-state index contributed by atoms with van der Waals surface area (Å²) in [5.74, 6) is 2.13. The normalized spacial score (nSPS) is 11.1. The van der Waals surface area contributed by atoms with Gasteiger partial charge in [-0.3, -0.25) is 4.68 Å². The maximum Gasteiger partial charge on any atom is 0.229 e. The average molecular weight is 236 g/mol. The Hall–Kier alpha value is -1.85. The van der Waals surface area contributed by atoms with E-state index in [0.717, 1.165) is 6.54 Å². The standard InChI is InChI=1S/C11H16N4O2/c1-4-15-6-9(5-12-15)16-7-10-13-11(8(2)3)17-14-10/h5-6,8H,4,7H2,1-3H3. The molecule has 2 aromatic rings. The monoisotopic (exact) mass is 236 g/mol. The smallest absolute Gasteiger partial charge is 0.229 e. The topological polar surface area (TPSA) is 66.0 Å². The summed E-state index contributed by atoms with van der Waals surface area (Å²) < 4.78 is 12.4. The molecule has 0 bridgehead atoms. The van der Waals surface area contributed by atoms with Gasteiger partial charge >= 0.3 is 0 Å². The van der Waals surface area contributed by atoms with E-state index in [0.29, 0.717) is 24.1 Å². The molecule has 0 unspecified atom stereocenters. The second-order valence-electron chi connectivity index (χ2n) is 4.02. The summed E-state index contributed by atoms with van der Waals surface area (Å²) in [6.45, 7) is 7.15. The summed E-state index contributed by atoms with van der Waals surface area (Å²) in [7, 11) is 0. The van der Waals surface area contributed by atoms with Crippen LogP contribution in [0.3, 0.4) is 0 Å². The Bertz CT molecular complexity index is 475. The van der Waals surface area contributed by atoms with Crippen molar-refractivity contribution in [1.82, 2.24) is 19.9 Å². The minimum Gasteiger partial charge on any atom is -0.482 e. The highest BCUT2D eigenvalue weighted by molar-refractivity contribution is 5.11. The number of hydrogen-bond donors (Lipinski definition) is 0. The maximum atomic E-state index is 5.50. The van der Waals surface area contributed by atoms with Crippen LogP contribution in [0.1, 0.15) is 38.4 Å². The molecule has 2 heterocycles. The molecule has 17 heavy (non-hydrogen) atoms. The number of aryl methyl sites for hydroxylation is 1. The van der Waals surface area contributed by atoms with Crippen LogP contribution in [-0.2, 0) is 13.2 Å². The predicted octanol–water partition coefficient (Wildman–Crippen LogP) is 1.99. The van der Waals surface area contributed by atoms with Crippen molar-refractivity contribution in [2.24, 2.45) is 0 Å². The summed E-state index contributed by atoms with van der Waals surface area (Å²) in [6, 6.07) is 0. The van der Waals surface area contributed by atoms with Crippen molar-refractivity contribution < 1.29 is 9.26 Å². The first-order valence-corrected chi connectivity index (χ1v) is 5.66. The van der Waals surface area contributed by atoms with Gasteiger partial charge in [-0.1, -0.05) is 19.0 Å². The van der Waals surface area contributed by atoms with Crippen molar-refractivity contribution in [2.75, 3.05) is 0 Å². The lowest BCUT2D eigenvalue weighted by atomic mass is 10.2. The molecule has 0 aliphatic carbocycles. The van der Waals surface area contributed by atoms with E-state index in [1.54, 1.807) is 10.9 Å². The zero-order chi connectivity index (χ0) is 12.3. The molecule has 0 aliphatic rings. The Morgan fingerprint density at radius 1 is 1.47 bits per heavy atom. The van der Waals surface area contributed by atoms with Crippen molar-refractivity contribution in [3.63, 3.8) is 0 Å². The second-order valence-corrected chi connectivity index (χ2v) is 4.02. The zero-order valence-electron chi connectivity index (χ0n) is 10.3. The highest BCUT2D eigenvalue weighted by Gasteiger charge is 2.10. The van der Waals surface area contributed by atoms with Gasteiger partial charge in [-0.05, 0) is 6.92 Å². The van der Waals surface area contributed by atoms with Gasteiger partial charge in [0.05, 0.1) is 12.4 Å². The first kappa shape index (κ1) is 11.6. The number of aromatic nitrogens is 4. The molecule has 0 fully saturated rings. The zero-order valence-corrected chi connectivity index (χ0v) is 10.3. The summed E-state index contributed by atoms with van der Waals surface area (Å²) in [6.07, 6.45) is 3.51. The lowest BCUT2D eigenvalue weighted by Crippen LogP contribution is -1.97. The van der Waals surface area contributed by atoms with Crippen molar-refractivity contribution in [1.29, 1.82) is 0 Å². The summed E-state index contributed by atoms with van der Waals surface area (Å²) in [5, 5.41) is 7.95. The Labute approximate surface area is 99.6 Å². The van der Waals surface area contributed by atoms with Gasteiger partial charge in [-0.15, -0.1) is 0 Å². The van der Waals surface area contributed by atoms with Crippen LogP contribution in [0.4, 0.5) is 0 Å². The highest BCUT2D eigenvalue weighted by atomic mass is 16.5. The molecular formula is C11H16N4O2. The molecular weight excluding hydrogens is 220 g/mol. The summed E-state index contributed by atoms with van der Waals surface area (Å²) >= 11 is 0. The predicted molar refractivity (Wildman–Crippen MR) is 60.6 cm³/mol. The fourth-order valence-electron chi connectivity index (χ4n) is 1.30. The van der Waals surface area contributed by atoms with E-state index in [9.17, 15) is 0 Å². The fraction of sp³-hybridized carbons (Fsp3) is 0.545. The molecule has 6 heteroatoms. The quantitative estimate of drug-likeness (QED) is 0.794. The molecule has 0 amide bonds.